The molecule has 0 unspecified atom stereocenters. The van der Waals surface area contributed by atoms with Gasteiger partial charge in [-0.1, -0.05) is 0 Å². The maximum absolute atomic E-state index is 3.93. The van der Waals surface area contributed by atoms with E-state index < -0.39 is 0 Å². The molecular weight excluding hydrogens is 166 g/mol. The molecule has 0 spiro atoms. The lowest BCUT2D eigenvalue weighted by atomic mass is 10.3. The van der Waals surface area contributed by atoms with Crippen LogP contribution in [0.3, 0.4) is 0 Å². The van der Waals surface area contributed by atoms with Crippen molar-refractivity contribution < 1.29 is 4.57 Å². The van der Waals surface area contributed by atoms with Crippen LogP contribution in [0.5, 0.6) is 0 Å². The second-order valence-corrected chi connectivity index (χ2v) is 2.82. The van der Waals surface area contributed by atoms with Crippen LogP contribution >= 0.6 is 0 Å². The Hall–Kier alpha value is -1.78. The number of hydrogen-bond acceptors (Lipinski definition) is 3. The van der Waals surface area contributed by atoms with Gasteiger partial charge in [-0.2, -0.15) is 4.57 Å². The number of hydrogen-bond donors (Lipinski definition) is 0. The molecule has 0 aliphatic heterocycles. The van der Waals surface area contributed by atoms with E-state index in [0.29, 0.717) is 0 Å². The maximum Gasteiger partial charge on any atom is 0.251 e. The molecule has 0 aliphatic rings. The molecule has 0 atom stereocenters. The van der Waals surface area contributed by atoms with Gasteiger partial charge in [0, 0.05) is 19.2 Å². The Morgan fingerprint density at radius 1 is 1.38 bits per heavy atom. The highest BCUT2D eigenvalue weighted by Gasteiger charge is 2.14. The largest absolute Gasteiger partial charge is 0.251 e. The predicted octanol–water partition coefficient (Wildman–Crippen LogP) is -0.298. The summed E-state index contributed by atoms with van der Waals surface area (Å²) in [5.74, 6) is 0.767. The Balaban J connectivity index is 2.59. The molecule has 5 nitrogen and oxygen atoms in total. The molecule has 0 radical (unpaired) electrons. The Morgan fingerprint density at radius 2 is 2.23 bits per heavy atom. The van der Waals surface area contributed by atoms with Crippen LogP contribution in [0.2, 0.25) is 0 Å². The van der Waals surface area contributed by atoms with Crippen LogP contribution in [0, 0.1) is 0 Å². The fraction of sp³-hybridized carbons (Fsp3) is 0.250. The van der Waals surface area contributed by atoms with E-state index in [4.69, 9.17) is 0 Å². The summed E-state index contributed by atoms with van der Waals surface area (Å²) < 4.78 is 3.63. The lowest BCUT2D eigenvalue weighted by molar-refractivity contribution is -0.660. The van der Waals surface area contributed by atoms with E-state index in [1.165, 1.54) is 0 Å². The van der Waals surface area contributed by atoms with Crippen LogP contribution in [0.25, 0.3) is 11.5 Å². The van der Waals surface area contributed by atoms with Crippen LogP contribution in [0.4, 0.5) is 0 Å². The van der Waals surface area contributed by atoms with Gasteiger partial charge in [0.1, 0.15) is 7.05 Å². The summed E-state index contributed by atoms with van der Waals surface area (Å²) in [7, 11) is 3.78. The second kappa shape index (κ2) is 2.93. The predicted molar refractivity (Wildman–Crippen MR) is 45.4 cm³/mol. The summed E-state index contributed by atoms with van der Waals surface area (Å²) in [5.41, 5.74) is 0.995. The quantitative estimate of drug-likeness (QED) is 0.560. The minimum Gasteiger partial charge on any atom is -0.223 e. The molecule has 0 aromatic carbocycles. The summed E-state index contributed by atoms with van der Waals surface area (Å²) in [4.78, 5) is 0. The number of nitrogens with zero attached hydrogens (tertiary/aromatic N) is 5. The Bertz CT molecular complexity index is 420. The monoisotopic (exact) mass is 176 g/mol. The van der Waals surface area contributed by atoms with Gasteiger partial charge in [0.15, 0.2) is 6.20 Å². The molecule has 0 bridgehead atoms. The molecule has 0 saturated carbocycles. The van der Waals surface area contributed by atoms with Crippen LogP contribution in [-0.4, -0.2) is 20.2 Å². The molecule has 5 heteroatoms. The first-order chi connectivity index (χ1) is 6.29. The van der Waals surface area contributed by atoms with E-state index in [1.54, 1.807) is 4.68 Å². The van der Waals surface area contributed by atoms with Crippen molar-refractivity contribution >= 4 is 0 Å². The Labute approximate surface area is 75.6 Å². The van der Waals surface area contributed by atoms with E-state index in [-0.39, 0.29) is 0 Å². The zero-order valence-corrected chi connectivity index (χ0v) is 7.55. The van der Waals surface area contributed by atoms with E-state index in [0.717, 1.165) is 11.5 Å². The zero-order valence-electron chi connectivity index (χ0n) is 7.55. The van der Waals surface area contributed by atoms with Crippen molar-refractivity contribution in [2.75, 3.05) is 0 Å². The van der Waals surface area contributed by atoms with E-state index in [1.807, 2.05) is 43.1 Å². The number of pyridine rings is 1. The molecule has 2 aromatic rings. The summed E-state index contributed by atoms with van der Waals surface area (Å²) >= 11 is 0. The Morgan fingerprint density at radius 3 is 2.85 bits per heavy atom. The third kappa shape index (κ3) is 1.28. The molecule has 0 N–H and O–H groups in total. The molecule has 2 heterocycles. The van der Waals surface area contributed by atoms with Crippen molar-refractivity contribution in [1.29, 1.82) is 0 Å². The van der Waals surface area contributed by atoms with Gasteiger partial charge < -0.3 is 0 Å². The molecule has 13 heavy (non-hydrogen) atoms. The lowest BCUT2D eigenvalue weighted by Crippen LogP contribution is -2.30. The third-order valence-corrected chi connectivity index (χ3v) is 1.90. The zero-order chi connectivity index (χ0) is 9.26. The normalized spacial score (nSPS) is 10.3. The average Bonchev–Trinajstić information content (AvgIpc) is 2.52. The van der Waals surface area contributed by atoms with Gasteiger partial charge in [0.2, 0.25) is 5.82 Å². The van der Waals surface area contributed by atoms with Gasteiger partial charge >= 0.3 is 0 Å². The first-order valence-corrected chi connectivity index (χ1v) is 3.96. The first kappa shape index (κ1) is 7.85. The molecule has 0 saturated heterocycles. The van der Waals surface area contributed by atoms with E-state index in [2.05, 4.69) is 15.5 Å². The van der Waals surface area contributed by atoms with Gasteiger partial charge in [-0.05, 0) is 16.5 Å². The van der Waals surface area contributed by atoms with Crippen molar-refractivity contribution in [3.05, 3.63) is 24.4 Å². The fourth-order valence-corrected chi connectivity index (χ4v) is 1.20. The highest BCUT2D eigenvalue weighted by Crippen LogP contribution is 2.07. The number of aryl methyl sites for hydroxylation is 2. The van der Waals surface area contributed by atoms with E-state index >= 15 is 0 Å². The molecule has 2 rings (SSSR count). The topological polar surface area (TPSA) is 47.5 Å². The molecule has 0 fully saturated rings. The summed E-state index contributed by atoms with van der Waals surface area (Å²) in [6.45, 7) is 0. The van der Waals surface area contributed by atoms with Crippen LogP contribution in [0.15, 0.2) is 24.4 Å². The minimum absolute atomic E-state index is 0.767. The third-order valence-electron chi connectivity index (χ3n) is 1.90. The molecule has 66 valence electrons. The lowest BCUT2D eigenvalue weighted by Gasteiger charge is -1.95. The SMILES string of the molecule is Cn1nnnc1-c1cccc[n+]1C. The van der Waals surface area contributed by atoms with Gasteiger partial charge in [-0.15, -0.1) is 5.10 Å². The maximum atomic E-state index is 3.93. The van der Waals surface area contributed by atoms with Gasteiger partial charge in [-0.3, -0.25) is 0 Å². The van der Waals surface area contributed by atoms with Crippen LogP contribution < -0.4 is 4.57 Å². The van der Waals surface area contributed by atoms with Gasteiger partial charge in [-0.25, -0.2) is 4.68 Å². The van der Waals surface area contributed by atoms with Crippen LogP contribution in [0.1, 0.15) is 0 Å². The minimum atomic E-state index is 0.767. The van der Waals surface area contributed by atoms with Crippen LogP contribution in [-0.2, 0) is 14.1 Å². The van der Waals surface area contributed by atoms with Crippen molar-refractivity contribution in [1.82, 2.24) is 20.2 Å². The van der Waals surface area contributed by atoms with Crippen molar-refractivity contribution in [2.24, 2.45) is 14.1 Å². The average molecular weight is 176 g/mol. The molecule has 0 aliphatic carbocycles. The van der Waals surface area contributed by atoms with Gasteiger partial charge in [0.05, 0.1) is 0 Å². The number of rotatable bonds is 1. The van der Waals surface area contributed by atoms with Crippen molar-refractivity contribution in [3.63, 3.8) is 0 Å². The molecule has 0 amide bonds. The highest BCUT2D eigenvalue weighted by molar-refractivity contribution is 5.43. The van der Waals surface area contributed by atoms with Crippen molar-refractivity contribution in [2.45, 2.75) is 0 Å². The Kier molecular flexibility index (Phi) is 1.77. The summed E-state index contributed by atoms with van der Waals surface area (Å²) in [5, 5.41) is 11.3. The smallest absolute Gasteiger partial charge is 0.223 e. The first-order valence-electron chi connectivity index (χ1n) is 3.96. The summed E-state index contributed by atoms with van der Waals surface area (Å²) in [6, 6.07) is 5.91. The van der Waals surface area contributed by atoms with Crippen molar-refractivity contribution in [3.8, 4) is 11.5 Å². The molecular formula is C8H10N5+. The van der Waals surface area contributed by atoms with Gasteiger partial charge in [0.25, 0.3) is 5.69 Å². The second-order valence-electron chi connectivity index (χ2n) is 2.82. The fourth-order valence-electron chi connectivity index (χ4n) is 1.20. The standard InChI is InChI=1S/C8H10N5/c1-12-6-4-3-5-7(12)8-9-10-11-13(8)2/h3-6H,1-2H3/q+1. The van der Waals surface area contributed by atoms with E-state index in [9.17, 15) is 0 Å². The number of tetrazole rings is 1. The molecule has 2 aromatic heterocycles. The summed E-state index contributed by atoms with van der Waals surface area (Å²) in [6.07, 6.45) is 1.96. The number of aromatic nitrogens is 5. The highest BCUT2D eigenvalue weighted by atomic mass is 15.5.